The molecule has 5 heteroatoms. The highest BCUT2D eigenvalue weighted by atomic mass is 16.5. The lowest BCUT2D eigenvalue weighted by Crippen LogP contribution is -2.39. The van der Waals surface area contributed by atoms with Crippen LogP contribution in [0.3, 0.4) is 0 Å². The van der Waals surface area contributed by atoms with Crippen molar-refractivity contribution in [1.29, 1.82) is 0 Å². The van der Waals surface area contributed by atoms with E-state index in [1.165, 1.54) is 0 Å². The molecule has 0 aliphatic carbocycles. The molecule has 0 radical (unpaired) electrons. The van der Waals surface area contributed by atoms with Gasteiger partial charge in [-0.3, -0.25) is 9.59 Å². The summed E-state index contributed by atoms with van der Waals surface area (Å²) in [6.45, 7) is 6.98. The van der Waals surface area contributed by atoms with Gasteiger partial charge in [-0.2, -0.15) is 0 Å². The van der Waals surface area contributed by atoms with Crippen molar-refractivity contribution in [1.82, 2.24) is 5.32 Å². The van der Waals surface area contributed by atoms with Crippen molar-refractivity contribution in [2.24, 2.45) is 0 Å². The SMILES string of the molecule is CC[C@H](C)NC(=O)CCC(=O)N1CCOc2ccc(C)cc21. The topological polar surface area (TPSA) is 58.6 Å². The Balaban J connectivity index is 1.97. The maximum atomic E-state index is 12.4. The van der Waals surface area contributed by atoms with Gasteiger partial charge in [0.25, 0.3) is 0 Å². The van der Waals surface area contributed by atoms with Crippen LogP contribution in [-0.2, 0) is 9.59 Å². The molecule has 2 amide bonds. The molecule has 1 aliphatic rings. The number of anilines is 1. The third-order valence-electron chi connectivity index (χ3n) is 3.86. The molecule has 2 rings (SSSR count). The van der Waals surface area contributed by atoms with Gasteiger partial charge in [-0.15, -0.1) is 0 Å². The van der Waals surface area contributed by atoms with Gasteiger partial charge in [0, 0.05) is 18.9 Å². The minimum absolute atomic E-state index is 0.0329. The zero-order chi connectivity index (χ0) is 16.1. The molecular formula is C17H24N2O3. The maximum Gasteiger partial charge on any atom is 0.227 e. The maximum absolute atomic E-state index is 12.4. The zero-order valence-corrected chi connectivity index (χ0v) is 13.5. The van der Waals surface area contributed by atoms with Crippen LogP contribution >= 0.6 is 0 Å². The second kappa shape index (κ2) is 7.29. The van der Waals surface area contributed by atoms with Crippen LogP contribution in [-0.4, -0.2) is 31.0 Å². The van der Waals surface area contributed by atoms with Crippen LogP contribution in [0.4, 0.5) is 5.69 Å². The summed E-state index contributed by atoms with van der Waals surface area (Å²) in [4.78, 5) is 25.9. The molecular weight excluding hydrogens is 280 g/mol. The minimum Gasteiger partial charge on any atom is -0.490 e. The van der Waals surface area contributed by atoms with Crippen LogP contribution < -0.4 is 15.0 Å². The molecule has 0 spiro atoms. The fraction of sp³-hybridized carbons (Fsp3) is 0.529. The summed E-state index contributed by atoms with van der Waals surface area (Å²) in [5.41, 5.74) is 1.88. The lowest BCUT2D eigenvalue weighted by Gasteiger charge is -2.30. The third kappa shape index (κ3) is 4.00. The Bertz CT molecular complexity index is 557. The summed E-state index contributed by atoms with van der Waals surface area (Å²) in [6, 6.07) is 5.95. The standard InChI is InChI=1S/C17H24N2O3/c1-4-13(3)18-16(20)7-8-17(21)19-9-10-22-15-6-5-12(2)11-14(15)19/h5-6,11,13H,4,7-10H2,1-3H3,(H,18,20)/t13-/m0/s1. The third-order valence-corrected chi connectivity index (χ3v) is 3.86. The van der Waals surface area contributed by atoms with E-state index < -0.39 is 0 Å². The summed E-state index contributed by atoms with van der Waals surface area (Å²) in [7, 11) is 0. The molecule has 0 saturated heterocycles. The van der Waals surface area contributed by atoms with E-state index in [1.54, 1.807) is 4.90 Å². The first-order chi connectivity index (χ1) is 10.5. The number of amides is 2. The largest absolute Gasteiger partial charge is 0.490 e. The predicted molar refractivity (Wildman–Crippen MR) is 86.2 cm³/mol. The van der Waals surface area contributed by atoms with Gasteiger partial charge >= 0.3 is 0 Å². The monoisotopic (exact) mass is 304 g/mol. The van der Waals surface area contributed by atoms with Gasteiger partial charge in [0.2, 0.25) is 11.8 Å². The second-order valence-corrected chi connectivity index (χ2v) is 5.74. The number of fused-ring (bicyclic) bond motifs is 1. The Morgan fingerprint density at radius 2 is 2.14 bits per heavy atom. The van der Waals surface area contributed by atoms with Gasteiger partial charge < -0.3 is 15.0 Å². The van der Waals surface area contributed by atoms with E-state index in [4.69, 9.17) is 4.74 Å². The van der Waals surface area contributed by atoms with Crippen molar-refractivity contribution in [3.05, 3.63) is 23.8 Å². The minimum atomic E-state index is -0.0691. The van der Waals surface area contributed by atoms with Crippen LogP contribution in [0.15, 0.2) is 18.2 Å². The van der Waals surface area contributed by atoms with Crippen LogP contribution in [0.5, 0.6) is 5.75 Å². The molecule has 1 aliphatic heterocycles. The number of carbonyl (C=O) groups excluding carboxylic acids is 2. The number of benzene rings is 1. The highest BCUT2D eigenvalue weighted by molar-refractivity contribution is 5.97. The van der Waals surface area contributed by atoms with Crippen LogP contribution in [0.2, 0.25) is 0 Å². The Morgan fingerprint density at radius 3 is 2.86 bits per heavy atom. The molecule has 0 bridgehead atoms. The van der Waals surface area contributed by atoms with Crippen molar-refractivity contribution in [2.75, 3.05) is 18.1 Å². The number of rotatable bonds is 5. The number of ether oxygens (including phenoxy) is 1. The first-order valence-electron chi connectivity index (χ1n) is 7.84. The van der Waals surface area contributed by atoms with E-state index in [-0.39, 0.29) is 30.7 Å². The van der Waals surface area contributed by atoms with E-state index in [2.05, 4.69) is 5.32 Å². The molecule has 1 aromatic rings. The Morgan fingerprint density at radius 1 is 1.36 bits per heavy atom. The van der Waals surface area contributed by atoms with Crippen molar-refractivity contribution in [3.8, 4) is 5.75 Å². The molecule has 0 fully saturated rings. The van der Waals surface area contributed by atoms with Gasteiger partial charge in [-0.25, -0.2) is 0 Å². The zero-order valence-electron chi connectivity index (χ0n) is 13.5. The second-order valence-electron chi connectivity index (χ2n) is 5.74. The summed E-state index contributed by atoms with van der Waals surface area (Å²) in [5.74, 6) is 0.629. The lowest BCUT2D eigenvalue weighted by molar-refractivity contribution is -0.125. The fourth-order valence-corrected chi connectivity index (χ4v) is 2.39. The first-order valence-corrected chi connectivity index (χ1v) is 7.84. The molecule has 5 nitrogen and oxygen atoms in total. The molecule has 1 heterocycles. The van der Waals surface area contributed by atoms with Crippen LogP contribution in [0.1, 0.15) is 38.7 Å². The first kappa shape index (κ1) is 16.3. The van der Waals surface area contributed by atoms with E-state index >= 15 is 0 Å². The quantitative estimate of drug-likeness (QED) is 0.909. The van der Waals surface area contributed by atoms with Crippen molar-refractivity contribution < 1.29 is 14.3 Å². The number of carbonyl (C=O) groups is 2. The van der Waals surface area contributed by atoms with Gasteiger partial charge in [-0.05, 0) is 38.0 Å². The Labute approximate surface area is 131 Å². The number of aryl methyl sites for hydroxylation is 1. The van der Waals surface area contributed by atoms with Crippen LogP contribution in [0.25, 0.3) is 0 Å². The van der Waals surface area contributed by atoms with Gasteiger partial charge in [-0.1, -0.05) is 13.0 Å². The van der Waals surface area contributed by atoms with Crippen LogP contribution in [0, 0.1) is 6.92 Å². The van der Waals surface area contributed by atoms with E-state index in [0.717, 1.165) is 23.4 Å². The summed E-state index contributed by atoms with van der Waals surface area (Å²) in [5, 5.41) is 2.88. The van der Waals surface area contributed by atoms with Crippen molar-refractivity contribution in [3.63, 3.8) is 0 Å². The van der Waals surface area contributed by atoms with Gasteiger partial charge in [0.15, 0.2) is 0 Å². The highest BCUT2D eigenvalue weighted by Crippen LogP contribution is 2.32. The number of nitrogens with one attached hydrogen (secondary N) is 1. The Kier molecular flexibility index (Phi) is 5.41. The molecule has 0 unspecified atom stereocenters. The van der Waals surface area contributed by atoms with Crippen molar-refractivity contribution in [2.45, 2.75) is 46.1 Å². The molecule has 0 aromatic heterocycles. The summed E-state index contributed by atoms with van der Waals surface area (Å²) in [6.07, 6.45) is 1.33. The van der Waals surface area contributed by atoms with Gasteiger partial charge in [0.05, 0.1) is 12.2 Å². The lowest BCUT2D eigenvalue weighted by atomic mass is 10.1. The molecule has 1 N–H and O–H groups in total. The normalized spacial score (nSPS) is 14.8. The van der Waals surface area contributed by atoms with Gasteiger partial charge in [0.1, 0.15) is 12.4 Å². The molecule has 1 atom stereocenters. The average Bonchev–Trinajstić information content (AvgIpc) is 2.51. The number of hydrogen-bond acceptors (Lipinski definition) is 3. The highest BCUT2D eigenvalue weighted by Gasteiger charge is 2.24. The van der Waals surface area contributed by atoms with E-state index in [1.807, 2.05) is 39.0 Å². The average molecular weight is 304 g/mol. The summed E-state index contributed by atoms with van der Waals surface area (Å²) < 4.78 is 5.58. The molecule has 120 valence electrons. The fourth-order valence-electron chi connectivity index (χ4n) is 2.39. The number of nitrogens with zero attached hydrogens (tertiary/aromatic N) is 1. The Hall–Kier alpha value is -2.04. The predicted octanol–water partition coefficient (Wildman–Crippen LogP) is 2.42. The molecule has 1 aromatic carbocycles. The molecule has 22 heavy (non-hydrogen) atoms. The summed E-state index contributed by atoms with van der Waals surface area (Å²) >= 11 is 0. The smallest absolute Gasteiger partial charge is 0.227 e. The molecule has 0 saturated carbocycles. The van der Waals surface area contributed by atoms with E-state index in [0.29, 0.717) is 13.2 Å². The number of hydrogen-bond donors (Lipinski definition) is 1. The van der Waals surface area contributed by atoms with E-state index in [9.17, 15) is 9.59 Å². The van der Waals surface area contributed by atoms with Crippen molar-refractivity contribution >= 4 is 17.5 Å².